The van der Waals surface area contributed by atoms with Gasteiger partial charge in [0.2, 0.25) is 0 Å². The summed E-state index contributed by atoms with van der Waals surface area (Å²) in [4.78, 5) is 28.5. The number of nitrogens with one attached hydrogen (secondary N) is 1. The molecule has 2 heterocycles. The Morgan fingerprint density at radius 3 is 2.48 bits per heavy atom. The number of hydrogen-bond donors (Lipinski definition) is 1. The second-order valence-corrected chi connectivity index (χ2v) is 6.88. The van der Waals surface area contributed by atoms with Crippen molar-refractivity contribution in [2.45, 2.75) is 26.1 Å². The second kappa shape index (κ2) is 8.76. The van der Waals surface area contributed by atoms with Crippen LogP contribution in [0.3, 0.4) is 0 Å². The SMILES string of the molecule is Cc1c(C(=O)OC(C)C(=O)Nc2ccccc2Cl)cnn1-c1ccc(C(F)(F)F)cn1. The summed E-state index contributed by atoms with van der Waals surface area (Å²) in [5, 5.41) is 6.87. The molecule has 0 aliphatic rings. The van der Waals surface area contributed by atoms with Gasteiger partial charge in [-0.1, -0.05) is 23.7 Å². The molecule has 1 N–H and O–H groups in total. The van der Waals surface area contributed by atoms with Crippen LogP contribution in [0.15, 0.2) is 48.8 Å². The maximum atomic E-state index is 12.7. The van der Waals surface area contributed by atoms with Crippen LogP contribution in [0.1, 0.15) is 28.5 Å². The average Bonchev–Trinajstić information content (AvgIpc) is 3.10. The number of esters is 1. The summed E-state index contributed by atoms with van der Waals surface area (Å²) >= 11 is 5.99. The van der Waals surface area contributed by atoms with Gasteiger partial charge in [0, 0.05) is 6.20 Å². The van der Waals surface area contributed by atoms with Gasteiger partial charge < -0.3 is 10.1 Å². The molecule has 7 nitrogen and oxygen atoms in total. The van der Waals surface area contributed by atoms with E-state index in [1.807, 2.05) is 0 Å². The number of carbonyl (C=O) groups is 2. The van der Waals surface area contributed by atoms with Crippen LogP contribution >= 0.6 is 11.6 Å². The number of nitrogens with zero attached hydrogens (tertiary/aromatic N) is 3. The number of benzene rings is 1. The van der Waals surface area contributed by atoms with Crippen LogP contribution in [0.5, 0.6) is 0 Å². The van der Waals surface area contributed by atoms with Crippen molar-refractivity contribution in [2.24, 2.45) is 0 Å². The third-order valence-corrected chi connectivity index (χ3v) is 4.64. The Hall–Kier alpha value is -3.40. The molecule has 2 aromatic heterocycles. The number of hydrogen-bond acceptors (Lipinski definition) is 5. The number of ether oxygens (including phenoxy) is 1. The Balaban J connectivity index is 1.71. The maximum absolute atomic E-state index is 12.7. The zero-order valence-corrected chi connectivity index (χ0v) is 17.0. The van der Waals surface area contributed by atoms with Crippen LogP contribution in [0.25, 0.3) is 5.82 Å². The van der Waals surface area contributed by atoms with E-state index in [2.05, 4.69) is 15.4 Å². The van der Waals surface area contributed by atoms with E-state index in [1.54, 1.807) is 24.3 Å². The van der Waals surface area contributed by atoms with Gasteiger partial charge in [-0.05, 0) is 38.1 Å². The number of para-hydroxylation sites is 1. The summed E-state index contributed by atoms with van der Waals surface area (Å²) in [6.45, 7) is 2.92. The molecule has 0 fully saturated rings. The van der Waals surface area contributed by atoms with Gasteiger partial charge in [-0.2, -0.15) is 18.3 Å². The van der Waals surface area contributed by atoms with Crippen LogP contribution in [-0.2, 0) is 15.7 Å². The van der Waals surface area contributed by atoms with Gasteiger partial charge in [-0.3, -0.25) is 4.79 Å². The van der Waals surface area contributed by atoms with Crippen molar-refractivity contribution >= 4 is 29.2 Å². The molecule has 3 aromatic rings. The molecule has 0 saturated heterocycles. The summed E-state index contributed by atoms with van der Waals surface area (Å²) in [6.07, 6.45) is -3.79. The second-order valence-electron chi connectivity index (χ2n) is 6.47. The molecule has 1 atom stereocenters. The zero-order chi connectivity index (χ0) is 22.8. The number of alkyl halides is 3. The van der Waals surface area contributed by atoms with Gasteiger partial charge >= 0.3 is 12.1 Å². The van der Waals surface area contributed by atoms with E-state index < -0.39 is 29.7 Å². The normalized spacial score (nSPS) is 12.3. The van der Waals surface area contributed by atoms with Gasteiger partial charge in [-0.25, -0.2) is 14.5 Å². The minimum absolute atomic E-state index is 0.0408. The number of pyridine rings is 1. The molecule has 31 heavy (non-hydrogen) atoms. The topological polar surface area (TPSA) is 86.1 Å². The van der Waals surface area contributed by atoms with Crippen molar-refractivity contribution in [3.63, 3.8) is 0 Å². The summed E-state index contributed by atoms with van der Waals surface area (Å²) in [5.74, 6) is -1.32. The molecule has 0 radical (unpaired) electrons. The molecule has 1 amide bonds. The number of halogens is 4. The number of carbonyl (C=O) groups excluding carboxylic acids is 2. The van der Waals surface area contributed by atoms with Crippen LogP contribution in [0, 0.1) is 6.92 Å². The van der Waals surface area contributed by atoms with Crippen LogP contribution in [0.2, 0.25) is 5.02 Å². The van der Waals surface area contributed by atoms with E-state index in [9.17, 15) is 22.8 Å². The summed E-state index contributed by atoms with van der Waals surface area (Å²) in [5.41, 5.74) is -0.205. The summed E-state index contributed by atoms with van der Waals surface area (Å²) in [6, 6.07) is 8.58. The smallest absolute Gasteiger partial charge is 0.417 e. The molecule has 0 aliphatic heterocycles. The fourth-order valence-electron chi connectivity index (χ4n) is 2.59. The monoisotopic (exact) mass is 452 g/mol. The van der Waals surface area contributed by atoms with Crippen molar-refractivity contribution in [1.29, 1.82) is 0 Å². The fraction of sp³-hybridized carbons (Fsp3) is 0.200. The molecule has 162 valence electrons. The first-order valence-corrected chi connectivity index (χ1v) is 9.30. The maximum Gasteiger partial charge on any atom is 0.417 e. The lowest BCUT2D eigenvalue weighted by atomic mass is 10.2. The number of amides is 1. The first kappa shape index (κ1) is 22.3. The third-order valence-electron chi connectivity index (χ3n) is 4.31. The number of rotatable bonds is 5. The van der Waals surface area contributed by atoms with E-state index >= 15 is 0 Å². The van der Waals surface area contributed by atoms with E-state index in [0.717, 1.165) is 12.1 Å². The highest BCUT2D eigenvalue weighted by Gasteiger charge is 2.31. The minimum atomic E-state index is -4.51. The quantitative estimate of drug-likeness (QED) is 0.579. The van der Waals surface area contributed by atoms with E-state index in [4.69, 9.17) is 16.3 Å². The first-order chi connectivity index (χ1) is 14.6. The van der Waals surface area contributed by atoms with E-state index in [-0.39, 0.29) is 17.1 Å². The molecule has 0 spiro atoms. The Morgan fingerprint density at radius 2 is 1.87 bits per heavy atom. The van der Waals surface area contributed by atoms with Gasteiger partial charge in [0.15, 0.2) is 11.9 Å². The van der Waals surface area contributed by atoms with Crippen molar-refractivity contribution in [2.75, 3.05) is 5.32 Å². The number of anilines is 1. The fourth-order valence-corrected chi connectivity index (χ4v) is 2.78. The van der Waals surface area contributed by atoms with Gasteiger partial charge in [0.05, 0.1) is 28.2 Å². The highest BCUT2D eigenvalue weighted by atomic mass is 35.5. The lowest BCUT2D eigenvalue weighted by molar-refractivity contribution is -0.137. The van der Waals surface area contributed by atoms with Crippen LogP contribution < -0.4 is 5.32 Å². The molecule has 0 saturated carbocycles. The predicted octanol–water partition coefficient (Wildman–Crippen LogP) is 4.43. The van der Waals surface area contributed by atoms with Gasteiger partial charge in [0.1, 0.15) is 5.56 Å². The molecule has 1 aromatic carbocycles. The number of aromatic nitrogens is 3. The molecule has 3 rings (SSSR count). The van der Waals surface area contributed by atoms with Gasteiger partial charge in [0.25, 0.3) is 5.91 Å². The van der Waals surface area contributed by atoms with E-state index in [0.29, 0.717) is 16.9 Å². The summed E-state index contributed by atoms with van der Waals surface area (Å²) in [7, 11) is 0. The van der Waals surface area contributed by atoms with Gasteiger partial charge in [-0.15, -0.1) is 0 Å². The predicted molar refractivity (Wildman–Crippen MR) is 106 cm³/mol. The zero-order valence-electron chi connectivity index (χ0n) is 16.3. The van der Waals surface area contributed by atoms with Crippen molar-refractivity contribution in [3.05, 3.63) is 70.6 Å². The molecule has 0 bridgehead atoms. The highest BCUT2D eigenvalue weighted by molar-refractivity contribution is 6.33. The third kappa shape index (κ3) is 5.02. The average molecular weight is 453 g/mol. The largest absolute Gasteiger partial charge is 0.449 e. The standard InChI is InChI=1S/C20H16ClF3N4O3/c1-11-14(10-26-28(11)17-8-7-13(9-25-17)20(22,23)24)19(30)31-12(2)18(29)27-16-6-4-3-5-15(16)21/h3-10,12H,1-2H3,(H,27,29). The van der Waals surface area contributed by atoms with E-state index in [1.165, 1.54) is 24.7 Å². The van der Waals surface area contributed by atoms with Crippen molar-refractivity contribution in [1.82, 2.24) is 14.8 Å². The Morgan fingerprint density at radius 1 is 1.16 bits per heavy atom. The lowest BCUT2D eigenvalue weighted by Gasteiger charge is -2.14. The van der Waals surface area contributed by atoms with Crippen LogP contribution in [0.4, 0.5) is 18.9 Å². The van der Waals surface area contributed by atoms with Crippen molar-refractivity contribution < 1.29 is 27.5 Å². The lowest BCUT2D eigenvalue weighted by Crippen LogP contribution is -2.30. The first-order valence-electron chi connectivity index (χ1n) is 8.92. The van der Waals surface area contributed by atoms with Crippen LogP contribution in [-0.4, -0.2) is 32.7 Å². The molecule has 0 aliphatic carbocycles. The Bertz CT molecular complexity index is 1110. The Labute approximate surface area is 179 Å². The summed E-state index contributed by atoms with van der Waals surface area (Å²) < 4.78 is 44.5. The molecule has 1 unspecified atom stereocenters. The molecular formula is C20H16ClF3N4O3. The Kier molecular flexibility index (Phi) is 6.30. The minimum Gasteiger partial charge on any atom is -0.449 e. The molecule has 11 heteroatoms. The van der Waals surface area contributed by atoms with Crippen molar-refractivity contribution in [3.8, 4) is 5.82 Å². The highest BCUT2D eigenvalue weighted by Crippen LogP contribution is 2.29. The molecular weight excluding hydrogens is 437 g/mol.